The fourth-order valence-corrected chi connectivity index (χ4v) is 13.1. The number of anilines is 4. The van der Waals surface area contributed by atoms with Crippen molar-refractivity contribution < 1.29 is 19.1 Å². The van der Waals surface area contributed by atoms with Crippen LogP contribution in [0.25, 0.3) is 22.5 Å². The highest BCUT2D eigenvalue weighted by Gasteiger charge is 2.45. The first kappa shape index (κ1) is 47.3. The zero-order valence-corrected chi connectivity index (χ0v) is 42.7. The second-order valence-electron chi connectivity index (χ2n) is 16.4. The number of thiazole rings is 2. The summed E-state index contributed by atoms with van der Waals surface area (Å²) >= 11 is 17.5. The van der Waals surface area contributed by atoms with Crippen molar-refractivity contribution >= 4 is 113 Å². The Morgan fingerprint density at radius 3 is 1.26 bits per heavy atom. The smallest absolute Gasteiger partial charge is 0.248 e. The average Bonchev–Trinajstić information content (AvgIpc) is 4.21. The molecule has 2 aliphatic rings. The Hall–Kier alpha value is -6.40. The van der Waals surface area contributed by atoms with Gasteiger partial charge in [0.15, 0.2) is 10.3 Å². The van der Waals surface area contributed by atoms with E-state index < -0.39 is 22.6 Å². The number of thiocarbonyl (C=S) groups is 2. The number of amides is 2. The number of hydrogen-bond acceptors (Lipinski definition) is 14. The van der Waals surface area contributed by atoms with Crippen molar-refractivity contribution in [3.8, 4) is 34.0 Å². The molecule has 0 spiro atoms. The fourth-order valence-electron chi connectivity index (χ4n) is 8.38. The zero-order chi connectivity index (χ0) is 48.1. The SMILES string of the molecule is COc1ccc(C(Nc2nc(-c3ccccc3)cs2)C2SC(=S)N(c3ccc(CCc4ccc(N5C(=O)C(C(Nc6nc(-c7ccccc7)cs6)c6ccc(OC)cc6)SC5=S)cc4)cc3)C2=O)cc1. The molecule has 350 valence electrons. The maximum atomic E-state index is 14.4. The van der Waals surface area contributed by atoms with Crippen LogP contribution in [0.5, 0.6) is 11.5 Å². The summed E-state index contributed by atoms with van der Waals surface area (Å²) in [5.74, 6) is 1.27. The summed E-state index contributed by atoms with van der Waals surface area (Å²) in [4.78, 5) is 41.8. The summed E-state index contributed by atoms with van der Waals surface area (Å²) < 4.78 is 11.9. The lowest BCUT2D eigenvalue weighted by molar-refractivity contribution is -0.117. The van der Waals surface area contributed by atoms with Crippen LogP contribution in [0.1, 0.15) is 34.3 Å². The molecule has 6 aromatic carbocycles. The molecule has 0 saturated carbocycles. The maximum Gasteiger partial charge on any atom is 0.248 e. The van der Waals surface area contributed by atoms with E-state index in [0.29, 0.717) is 18.9 Å². The number of methoxy groups -OCH3 is 2. The van der Waals surface area contributed by atoms with Gasteiger partial charge in [-0.2, -0.15) is 0 Å². The van der Waals surface area contributed by atoms with Gasteiger partial charge >= 0.3 is 0 Å². The Kier molecular flexibility index (Phi) is 14.4. The van der Waals surface area contributed by atoms with Crippen molar-refractivity contribution in [1.29, 1.82) is 0 Å². The quantitative estimate of drug-likeness (QED) is 0.0848. The molecule has 0 radical (unpaired) electrons. The third kappa shape index (κ3) is 10.2. The molecule has 10 rings (SSSR count). The van der Waals surface area contributed by atoms with Crippen molar-refractivity contribution in [1.82, 2.24) is 9.97 Å². The molecule has 16 heteroatoms. The molecule has 2 N–H and O–H groups in total. The van der Waals surface area contributed by atoms with Crippen molar-refractivity contribution in [2.75, 3.05) is 34.7 Å². The number of nitrogens with one attached hydrogen (secondary N) is 2. The number of carbonyl (C=O) groups excluding carboxylic acids is 2. The lowest BCUT2D eigenvalue weighted by Crippen LogP contribution is -2.35. The minimum absolute atomic E-state index is 0.0962. The molecule has 2 fully saturated rings. The van der Waals surface area contributed by atoms with Gasteiger partial charge in [-0.15, -0.1) is 22.7 Å². The molecule has 0 bridgehead atoms. The topological polar surface area (TPSA) is 109 Å². The highest BCUT2D eigenvalue weighted by molar-refractivity contribution is 8.25. The van der Waals surface area contributed by atoms with Gasteiger partial charge in [-0.25, -0.2) is 9.97 Å². The molecular formula is C54H44N6O4S6. The number of ether oxygens (including phenoxy) is 2. The highest BCUT2D eigenvalue weighted by Crippen LogP contribution is 2.43. The lowest BCUT2D eigenvalue weighted by Gasteiger charge is -2.24. The van der Waals surface area contributed by atoms with Gasteiger partial charge in [0, 0.05) is 21.9 Å². The van der Waals surface area contributed by atoms with Crippen LogP contribution < -0.4 is 29.9 Å². The van der Waals surface area contributed by atoms with Gasteiger partial charge in [0.05, 0.1) is 49.1 Å². The van der Waals surface area contributed by atoms with E-state index in [4.69, 9.17) is 43.9 Å². The van der Waals surface area contributed by atoms with Crippen molar-refractivity contribution in [3.05, 3.63) is 191 Å². The van der Waals surface area contributed by atoms with E-state index in [9.17, 15) is 9.59 Å². The second kappa shape index (κ2) is 21.3. The number of rotatable bonds is 17. The lowest BCUT2D eigenvalue weighted by atomic mass is 10.0. The molecule has 4 atom stereocenters. The monoisotopic (exact) mass is 1030 g/mol. The number of hydrogen-bond donors (Lipinski definition) is 2. The first-order chi connectivity index (χ1) is 34.2. The Bertz CT molecular complexity index is 2920. The van der Waals surface area contributed by atoms with E-state index in [1.54, 1.807) is 24.0 Å². The van der Waals surface area contributed by atoms with Gasteiger partial charge in [0.1, 0.15) is 30.6 Å². The third-order valence-electron chi connectivity index (χ3n) is 12.1. The van der Waals surface area contributed by atoms with Gasteiger partial charge in [0.2, 0.25) is 11.8 Å². The Balaban J connectivity index is 0.794. The first-order valence-electron chi connectivity index (χ1n) is 22.3. The Morgan fingerprint density at radius 2 is 0.900 bits per heavy atom. The standard InChI is InChI=1S/C54H44N6O4S6/c1-63-41-27-19-37(20-28-41)45(57-51-55-43(31-67-51)35-9-5-3-6-10-35)47-49(61)59(53(65)69-47)39-23-15-33(16-24-39)13-14-34-17-25-40(26-18-34)60-50(62)48(70-54(60)66)46(38-21-29-42(64-2)30-22-38)58-52-56-44(32-68-52)36-11-7-4-8-12-36/h3-12,15-32,45-48H,13-14H2,1-2H3,(H,55,57)(H,56,58). The van der Waals surface area contributed by atoms with Crippen LogP contribution in [0.15, 0.2) is 168 Å². The van der Waals surface area contributed by atoms with Crippen LogP contribution in [0, 0.1) is 0 Å². The molecule has 2 aromatic heterocycles. The van der Waals surface area contributed by atoms with Gasteiger partial charge in [-0.1, -0.05) is 157 Å². The van der Waals surface area contributed by atoms with Crippen LogP contribution in [0.3, 0.4) is 0 Å². The molecule has 2 amide bonds. The van der Waals surface area contributed by atoms with E-state index in [1.165, 1.54) is 46.2 Å². The molecule has 4 unspecified atom stereocenters. The van der Waals surface area contributed by atoms with Crippen LogP contribution in [0.2, 0.25) is 0 Å². The van der Waals surface area contributed by atoms with E-state index in [1.807, 2.05) is 144 Å². The Labute approximate surface area is 433 Å². The first-order valence-corrected chi connectivity index (χ1v) is 26.7. The van der Waals surface area contributed by atoms with Crippen molar-refractivity contribution in [2.45, 2.75) is 35.4 Å². The van der Waals surface area contributed by atoms with Gasteiger partial charge < -0.3 is 20.1 Å². The van der Waals surface area contributed by atoms with Gasteiger partial charge in [-0.3, -0.25) is 19.4 Å². The van der Waals surface area contributed by atoms with E-state index in [-0.39, 0.29) is 11.8 Å². The predicted molar refractivity (Wildman–Crippen MR) is 297 cm³/mol. The summed E-state index contributed by atoms with van der Waals surface area (Å²) in [5.41, 5.74) is 9.32. The number of aryl methyl sites for hydroxylation is 2. The van der Waals surface area contributed by atoms with Crippen molar-refractivity contribution in [2.24, 2.45) is 0 Å². The van der Waals surface area contributed by atoms with Crippen LogP contribution in [-0.2, 0) is 22.4 Å². The molecule has 70 heavy (non-hydrogen) atoms. The number of aromatic nitrogens is 2. The van der Waals surface area contributed by atoms with E-state index in [2.05, 4.69) is 34.9 Å². The minimum atomic E-state index is -0.536. The predicted octanol–water partition coefficient (Wildman–Crippen LogP) is 12.9. The summed E-state index contributed by atoms with van der Waals surface area (Å²) in [5, 5.41) is 11.6. The fraction of sp³-hybridized carbons (Fsp3) is 0.148. The van der Waals surface area contributed by atoms with Crippen LogP contribution in [0.4, 0.5) is 21.6 Å². The molecule has 2 aliphatic heterocycles. The average molecular weight is 1030 g/mol. The molecular weight excluding hydrogens is 989 g/mol. The van der Waals surface area contributed by atoms with Gasteiger partial charge in [0.25, 0.3) is 0 Å². The van der Waals surface area contributed by atoms with Gasteiger partial charge in [-0.05, 0) is 83.6 Å². The largest absolute Gasteiger partial charge is 0.497 e. The summed E-state index contributed by atoms with van der Waals surface area (Å²) in [7, 11) is 3.27. The zero-order valence-electron chi connectivity index (χ0n) is 37.8. The van der Waals surface area contributed by atoms with Crippen LogP contribution >= 0.6 is 70.6 Å². The summed E-state index contributed by atoms with van der Waals surface area (Å²) in [6.45, 7) is 0. The molecule has 8 aromatic rings. The normalized spacial score (nSPS) is 16.7. The van der Waals surface area contributed by atoms with E-state index in [0.717, 1.165) is 80.5 Å². The summed E-state index contributed by atoms with van der Waals surface area (Å²) in [6, 6.07) is 50.8. The molecule has 0 aliphatic carbocycles. The number of benzene rings is 6. The second-order valence-corrected chi connectivity index (χ2v) is 21.7. The summed E-state index contributed by atoms with van der Waals surface area (Å²) in [6.07, 6.45) is 1.54. The highest BCUT2D eigenvalue weighted by atomic mass is 32.2. The Morgan fingerprint density at radius 1 is 0.529 bits per heavy atom. The molecule has 10 nitrogen and oxygen atoms in total. The van der Waals surface area contributed by atoms with Crippen LogP contribution in [-0.4, -0.2) is 55.1 Å². The number of thioether (sulfide) groups is 2. The van der Waals surface area contributed by atoms with Crippen molar-refractivity contribution in [3.63, 3.8) is 0 Å². The number of nitrogens with zero attached hydrogens (tertiary/aromatic N) is 4. The molecule has 4 heterocycles. The minimum Gasteiger partial charge on any atom is -0.497 e. The third-order valence-corrected chi connectivity index (χ3v) is 16.8. The maximum absolute atomic E-state index is 14.4. The molecule has 2 saturated heterocycles. The van der Waals surface area contributed by atoms with E-state index >= 15 is 0 Å². The number of carbonyl (C=O) groups is 2.